The molecule has 0 aromatic carbocycles. The maximum Gasteiger partial charge on any atom is 0.274 e. The van der Waals surface area contributed by atoms with Gasteiger partial charge in [-0.15, -0.1) is 0 Å². The van der Waals surface area contributed by atoms with Crippen LogP contribution in [0, 0.1) is 64.9 Å². The van der Waals surface area contributed by atoms with Crippen molar-refractivity contribution in [3.63, 3.8) is 0 Å². The van der Waals surface area contributed by atoms with Crippen LogP contribution in [0.25, 0.3) is 21.7 Å². The summed E-state index contributed by atoms with van der Waals surface area (Å²) in [6.07, 6.45) is 0. The molecule has 0 radical (unpaired) electrons. The normalized spacial score (nSPS) is 13.2. The summed E-state index contributed by atoms with van der Waals surface area (Å²) >= 11 is 0. The maximum absolute atomic E-state index is 13.7. The molecule has 48 heavy (non-hydrogen) atoms. The Hall–Kier alpha value is -7.68. The first kappa shape index (κ1) is 29.1. The molecular weight excluding hydrogens is 654 g/mol. The van der Waals surface area contributed by atoms with Gasteiger partial charge in [0.05, 0.1) is 6.57 Å². The van der Waals surface area contributed by atoms with Crippen molar-refractivity contribution >= 4 is 16.8 Å². The molecule has 0 unspecified atom stereocenters. The number of nitrogens with zero attached hydrogens (tertiary/aromatic N) is 18. The number of hydrogen-bond acceptors (Lipinski definition) is 17. The molecule has 0 fully saturated rings. The van der Waals surface area contributed by atoms with Crippen molar-refractivity contribution in [3.05, 3.63) is 115 Å². The fourth-order valence-corrected chi connectivity index (χ4v) is 3.90. The third-order valence-electron chi connectivity index (χ3n) is 5.89. The Morgan fingerprint density at radius 2 is 0.708 bits per heavy atom. The van der Waals surface area contributed by atoms with Gasteiger partial charge in [-0.2, -0.15) is 66.8 Å². The Kier molecular flexibility index (Phi) is 6.50. The number of rotatable bonds is 3. The van der Waals surface area contributed by atoms with E-state index in [0.717, 1.165) is 0 Å². The summed E-state index contributed by atoms with van der Waals surface area (Å²) in [7, 11) is 0. The first-order valence-corrected chi connectivity index (χ1v) is 12.2. The van der Waals surface area contributed by atoms with Gasteiger partial charge in [-0.3, -0.25) is 0 Å². The molecule has 7 rings (SSSR count). The number of fused-ring (bicyclic) bond motifs is 3. The van der Waals surface area contributed by atoms with Crippen molar-refractivity contribution in [1.29, 1.82) is 10.5 Å². The summed E-state index contributed by atoms with van der Waals surface area (Å²) in [5.41, 5.74) is -5.02. The van der Waals surface area contributed by atoms with Crippen LogP contribution in [0.15, 0.2) is 47.4 Å². The maximum atomic E-state index is 13.7. The molecule has 0 atom stereocenters. The highest BCUT2D eigenvalue weighted by Crippen LogP contribution is 2.26. The quantitative estimate of drug-likeness (QED) is 0.131. The van der Waals surface area contributed by atoms with Crippen molar-refractivity contribution < 1.29 is 26.3 Å². The Balaban J connectivity index is 1.50. The van der Waals surface area contributed by atoms with Crippen molar-refractivity contribution in [2.75, 3.05) is 0 Å². The van der Waals surface area contributed by atoms with E-state index in [9.17, 15) is 36.9 Å². The molecule has 3 aliphatic rings. The van der Waals surface area contributed by atoms with Crippen molar-refractivity contribution in [2.45, 2.75) is 0 Å². The van der Waals surface area contributed by atoms with E-state index in [0.29, 0.717) is 0 Å². The van der Waals surface area contributed by atoms with E-state index in [-0.39, 0.29) is 0 Å². The molecule has 7 heterocycles. The van der Waals surface area contributed by atoms with Gasteiger partial charge in [0, 0.05) is 0 Å². The zero-order chi connectivity index (χ0) is 33.9. The van der Waals surface area contributed by atoms with E-state index in [1.807, 2.05) is 0 Å². The number of allylic oxidation sites excluding steroid dienone is 2. The SMILES string of the molecule is [C-]#[N+]C(=C1N=c2nc(F)c(F)nc2=N1)c1nc(C(C#N)=C2N=c3nc(F)c(F)nc3=N2)nc(C(C#N)=C2N=c3nc(F)c(F)nc3=N2)n1. The van der Waals surface area contributed by atoms with Gasteiger partial charge in [0.25, 0.3) is 41.4 Å². The predicted molar refractivity (Wildman–Crippen MR) is 131 cm³/mol. The standard InChI is InChI=1S/C24F6N18/c1-33-6(18-47-23-24(48-18)39-12(30)11(29)38-23)17-41-13(4(2-31)15-43-19-20(44-15)35-8(26)7(25)34-19)40-14(42-17)5(3-32)16-45-21-22(46-16)37-10(28)9(27)36-21. The molecule has 0 aliphatic carbocycles. The van der Waals surface area contributed by atoms with Gasteiger partial charge in [-0.05, 0) is 0 Å². The van der Waals surface area contributed by atoms with Gasteiger partial charge < -0.3 is 0 Å². The van der Waals surface area contributed by atoms with E-state index in [1.54, 1.807) is 12.1 Å². The van der Waals surface area contributed by atoms with Gasteiger partial charge in [0.1, 0.15) is 23.3 Å². The molecule has 3 aliphatic heterocycles. The van der Waals surface area contributed by atoms with Crippen LogP contribution < -0.4 is 32.9 Å². The van der Waals surface area contributed by atoms with E-state index in [2.05, 4.69) is 79.7 Å². The third-order valence-corrected chi connectivity index (χ3v) is 5.89. The first-order valence-electron chi connectivity index (χ1n) is 12.2. The van der Waals surface area contributed by atoms with Gasteiger partial charge in [-0.25, -0.2) is 49.8 Å². The highest BCUT2D eigenvalue weighted by atomic mass is 19.2. The molecule has 0 saturated carbocycles. The topological polar surface area (TPSA) is 242 Å². The average molecular weight is 654 g/mol. The Morgan fingerprint density at radius 1 is 0.438 bits per heavy atom. The summed E-state index contributed by atoms with van der Waals surface area (Å²) in [5.74, 6) is -13.4. The molecule has 0 N–H and O–H groups in total. The van der Waals surface area contributed by atoms with Crippen LogP contribution in [-0.2, 0) is 0 Å². The Morgan fingerprint density at radius 3 is 0.979 bits per heavy atom. The molecule has 4 aromatic rings. The van der Waals surface area contributed by atoms with E-state index in [4.69, 9.17) is 6.57 Å². The smallest absolute Gasteiger partial charge is 0.230 e. The number of nitriles is 2. The van der Waals surface area contributed by atoms with Crippen LogP contribution in [0.4, 0.5) is 26.3 Å². The minimum absolute atomic E-state index is 0.513. The van der Waals surface area contributed by atoms with Crippen LogP contribution >= 0.6 is 0 Å². The van der Waals surface area contributed by atoms with Crippen LogP contribution in [0.3, 0.4) is 0 Å². The molecule has 24 heteroatoms. The molecule has 228 valence electrons. The van der Waals surface area contributed by atoms with Gasteiger partial charge in [0.2, 0.25) is 32.9 Å². The third kappa shape index (κ3) is 4.72. The molecule has 0 bridgehead atoms. The van der Waals surface area contributed by atoms with Crippen LogP contribution in [0.5, 0.6) is 0 Å². The Bertz CT molecular complexity index is 2400. The summed E-state index contributed by atoms with van der Waals surface area (Å²) < 4.78 is 82.1. The number of halogens is 6. The fourth-order valence-electron chi connectivity index (χ4n) is 3.90. The number of aromatic nitrogens is 9. The lowest BCUT2D eigenvalue weighted by atomic mass is 10.2. The fraction of sp³-hybridized carbons (Fsp3) is 0. The zero-order valence-electron chi connectivity index (χ0n) is 22.3. The van der Waals surface area contributed by atoms with Crippen molar-refractivity contribution in [3.8, 4) is 12.1 Å². The largest absolute Gasteiger partial charge is 0.274 e. The van der Waals surface area contributed by atoms with Crippen molar-refractivity contribution in [2.24, 2.45) is 30.0 Å². The predicted octanol–water partition coefficient (Wildman–Crippen LogP) is -2.14. The second kappa shape index (κ2) is 10.7. The van der Waals surface area contributed by atoms with Crippen LogP contribution in [0.1, 0.15) is 17.5 Å². The molecule has 0 amide bonds. The lowest BCUT2D eigenvalue weighted by Gasteiger charge is -2.07. The summed E-state index contributed by atoms with van der Waals surface area (Å²) in [6.45, 7) is 7.74. The van der Waals surface area contributed by atoms with Crippen LogP contribution in [-0.4, -0.2) is 44.9 Å². The highest BCUT2D eigenvalue weighted by molar-refractivity contribution is 5.80. The molecule has 4 aromatic heterocycles. The lowest BCUT2D eigenvalue weighted by molar-refractivity contribution is 0.443. The minimum Gasteiger partial charge on any atom is -0.230 e. The van der Waals surface area contributed by atoms with E-state index in [1.165, 1.54) is 0 Å². The Labute approximate surface area is 256 Å². The van der Waals surface area contributed by atoms with Gasteiger partial charge in [0.15, 0.2) is 34.9 Å². The molecule has 0 spiro atoms. The second-order valence-corrected chi connectivity index (χ2v) is 8.74. The van der Waals surface area contributed by atoms with Crippen molar-refractivity contribution in [1.82, 2.24) is 44.9 Å². The van der Waals surface area contributed by atoms with E-state index < -0.39 is 120 Å². The minimum atomic E-state index is -1.61. The highest BCUT2D eigenvalue weighted by Gasteiger charge is 2.26. The van der Waals surface area contributed by atoms with E-state index >= 15 is 0 Å². The lowest BCUT2D eigenvalue weighted by Crippen LogP contribution is -2.31. The monoisotopic (exact) mass is 654 g/mol. The second-order valence-electron chi connectivity index (χ2n) is 8.74. The number of hydrogen-bond donors (Lipinski definition) is 0. The van der Waals surface area contributed by atoms with Gasteiger partial charge >= 0.3 is 0 Å². The summed E-state index contributed by atoms with van der Waals surface area (Å²) in [6, 6.07) is 3.38. The molecule has 0 saturated heterocycles. The van der Waals surface area contributed by atoms with Crippen LogP contribution in [0.2, 0.25) is 0 Å². The zero-order valence-corrected chi connectivity index (χ0v) is 22.3. The first-order chi connectivity index (χ1) is 23.1. The molecular formula is C24F6N18. The molecule has 18 nitrogen and oxygen atoms in total. The average Bonchev–Trinajstić information content (AvgIpc) is 3.76. The summed E-state index contributed by atoms with van der Waals surface area (Å²) in [5, 5.41) is 20.1. The van der Waals surface area contributed by atoms with Gasteiger partial charge in [-0.1, -0.05) is 0 Å². The summed E-state index contributed by atoms with van der Waals surface area (Å²) in [4.78, 5) is 58.1.